The number of amides is 1. The molecule has 0 bridgehead atoms. The Balaban J connectivity index is 2.33. The van der Waals surface area contributed by atoms with Gasteiger partial charge in [0.25, 0.3) is 0 Å². The van der Waals surface area contributed by atoms with Gasteiger partial charge in [0.1, 0.15) is 10.0 Å². The van der Waals surface area contributed by atoms with Gasteiger partial charge in [0.05, 0.1) is 12.3 Å². The second kappa shape index (κ2) is 6.21. The van der Waals surface area contributed by atoms with Crippen molar-refractivity contribution >= 4 is 27.3 Å². The molecule has 0 unspecified atom stereocenters. The van der Waals surface area contributed by atoms with Crippen LogP contribution in [0, 0.1) is 6.92 Å². The molecular weight excluding hydrogens is 276 g/mol. The van der Waals surface area contributed by atoms with E-state index < -0.39 is 16.1 Å². The standard InChI is InChI=1S/C9H16N4O3S2/c1-6(13-18(3,15)16)9(14)10-5-4-8-12-11-7(2)17-8/h6,13H,4-5H2,1-3H3,(H,10,14)/t6-/m1/s1. The predicted octanol–water partition coefficient (Wildman–Crippen LogP) is -0.557. The lowest BCUT2D eigenvalue weighted by molar-refractivity contribution is -0.122. The van der Waals surface area contributed by atoms with Gasteiger partial charge in [-0.15, -0.1) is 21.5 Å². The summed E-state index contributed by atoms with van der Waals surface area (Å²) in [6, 6.07) is -0.781. The van der Waals surface area contributed by atoms with Crippen molar-refractivity contribution in [2.75, 3.05) is 12.8 Å². The van der Waals surface area contributed by atoms with Crippen LogP contribution in [0.5, 0.6) is 0 Å². The zero-order valence-corrected chi connectivity index (χ0v) is 12.1. The van der Waals surface area contributed by atoms with Gasteiger partial charge in [-0.2, -0.15) is 0 Å². The van der Waals surface area contributed by atoms with Gasteiger partial charge in [-0.05, 0) is 13.8 Å². The largest absolute Gasteiger partial charge is 0.354 e. The fraction of sp³-hybridized carbons (Fsp3) is 0.667. The summed E-state index contributed by atoms with van der Waals surface area (Å²) in [6.45, 7) is 3.76. The fourth-order valence-electron chi connectivity index (χ4n) is 1.26. The van der Waals surface area contributed by atoms with Crippen LogP contribution in [-0.4, -0.2) is 43.4 Å². The van der Waals surface area contributed by atoms with Crippen molar-refractivity contribution in [3.05, 3.63) is 10.0 Å². The summed E-state index contributed by atoms with van der Waals surface area (Å²) in [6.07, 6.45) is 1.60. The molecule has 0 saturated heterocycles. The molecule has 0 spiro atoms. The molecule has 0 aromatic carbocycles. The van der Waals surface area contributed by atoms with E-state index in [0.717, 1.165) is 16.3 Å². The number of aromatic nitrogens is 2. The Labute approximate surface area is 110 Å². The van der Waals surface area contributed by atoms with Crippen LogP contribution in [0.1, 0.15) is 16.9 Å². The maximum absolute atomic E-state index is 11.5. The Morgan fingerprint density at radius 2 is 2.11 bits per heavy atom. The highest BCUT2D eigenvalue weighted by atomic mass is 32.2. The topological polar surface area (TPSA) is 101 Å². The van der Waals surface area contributed by atoms with Crippen molar-refractivity contribution in [1.82, 2.24) is 20.2 Å². The van der Waals surface area contributed by atoms with E-state index in [1.54, 1.807) is 0 Å². The molecule has 102 valence electrons. The van der Waals surface area contributed by atoms with Crippen molar-refractivity contribution in [3.63, 3.8) is 0 Å². The Morgan fingerprint density at radius 3 is 2.61 bits per heavy atom. The van der Waals surface area contributed by atoms with Crippen molar-refractivity contribution in [3.8, 4) is 0 Å². The normalized spacial score (nSPS) is 13.3. The maximum atomic E-state index is 11.5. The molecule has 1 atom stereocenters. The van der Waals surface area contributed by atoms with E-state index in [1.807, 2.05) is 6.92 Å². The molecule has 0 radical (unpaired) electrons. The molecule has 1 rings (SSSR count). The summed E-state index contributed by atoms with van der Waals surface area (Å²) in [5, 5.41) is 12.1. The highest BCUT2D eigenvalue weighted by Crippen LogP contribution is 2.07. The first-order valence-corrected chi connectivity index (χ1v) is 8.03. The third-order valence-electron chi connectivity index (χ3n) is 1.99. The van der Waals surface area contributed by atoms with Crippen LogP contribution in [0.15, 0.2) is 0 Å². The van der Waals surface area contributed by atoms with Gasteiger partial charge in [0.2, 0.25) is 15.9 Å². The number of carbonyl (C=O) groups is 1. The van der Waals surface area contributed by atoms with Gasteiger partial charge < -0.3 is 5.32 Å². The van der Waals surface area contributed by atoms with Gasteiger partial charge in [-0.25, -0.2) is 13.1 Å². The number of nitrogens with one attached hydrogen (secondary N) is 2. The molecule has 0 aliphatic carbocycles. The Bertz CT molecular complexity index is 512. The zero-order valence-electron chi connectivity index (χ0n) is 10.4. The van der Waals surface area contributed by atoms with E-state index in [4.69, 9.17) is 0 Å². The lowest BCUT2D eigenvalue weighted by Gasteiger charge is -2.11. The first-order chi connectivity index (χ1) is 8.28. The number of hydrogen-bond acceptors (Lipinski definition) is 6. The molecule has 0 aliphatic heterocycles. The molecule has 2 N–H and O–H groups in total. The lowest BCUT2D eigenvalue weighted by Crippen LogP contribution is -2.44. The summed E-state index contributed by atoms with van der Waals surface area (Å²) in [4.78, 5) is 11.5. The van der Waals surface area contributed by atoms with Crippen LogP contribution in [0.4, 0.5) is 0 Å². The SMILES string of the molecule is Cc1nnc(CCNC(=O)[C@@H](C)NS(C)(=O)=O)s1. The average molecular weight is 292 g/mol. The van der Waals surface area contributed by atoms with Crippen LogP contribution >= 0.6 is 11.3 Å². The quantitative estimate of drug-likeness (QED) is 0.732. The molecule has 0 saturated carbocycles. The van der Waals surface area contributed by atoms with Crippen LogP contribution in [0.2, 0.25) is 0 Å². The minimum Gasteiger partial charge on any atom is -0.354 e. The van der Waals surface area contributed by atoms with Crippen molar-refractivity contribution in [1.29, 1.82) is 0 Å². The smallest absolute Gasteiger partial charge is 0.237 e. The van der Waals surface area contributed by atoms with Crippen LogP contribution in [0.3, 0.4) is 0 Å². The minimum atomic E-state index is -3.37. The van der Waals surface area contributed by atoms with E-state index in [9.17, 15) is 13.2 Å². The van der Waals surface area contributed by atoms with Crippen LogP contribution in [0.25, 0.3) is 0 Å². The predicted molar refractivity (Wildman–Crippen MR) is 68.8 cm³/mol. The number of nitrogens with zero attached hydrogens (tertiary/aromatic N) is 2. The third kappa shape index (κ3) is 5.52. The van der Waals surface area contributed by atoms with Gasteiger partial charge in [0.15, 0.2) is 0 Å². The second-order valence-electron chi connectivity index (χ2n) is 3.87. The summed E-state index contributed by atoms with van der Waals surface area (Å²) in [7, 11) is -3.37. The second-order valence-corrected chi connectivity index (χ2v) is 6.91. The van der Waals surface area contributed by atoms with Gasteiger partial charge in [-0.3, -0.25) is 4.79 Å². The molecule has 1 amide bonds. The van der Waals surface area contributed by atoms with E-state index >= 15 is 0 Å². The Morgan fingerprint density at radius 1 is 1.44 bits per heavy atom. The van der Waals surface area contributed by atoms with E-state index in [0.29, 0.717) is 13.0 Å². The molecule has 7 nitrogen and oxygen atoms in total. The van der Waals surface area contributed by atoms with Gasteiger partial charge >= 0.3 is 0 Å². The molecule has 18 heavy (non-hydrogen) atoms. The Hall–Kier alpha value is -1.06. The first-order valence-electron chi connectivity index (χ1n) is 5.32. The summed E-state index contributed by atoms with van der Waals surface area (Å²) in [5.41, 5.74) is 0. The van der Waals surface area contributed by atoms with Crippen LogP contribution < -0.4 is 10.0 Å². The number of carbonyl (C=O) groups excluding carboxylic acids is 1. The number of rotatable bonds is 6. The molecule has 1 aromatic rings. The average Bonchev–Trinajstić information content (AvgIpc) is 2.61. The van der Waals surface area contributed by atoms with E-state index in [2.05, 4.69) is 20.2 Å². The number of aryl methyl sites for hydroxylation is 1. The lowest BCUT2D eigenvalue weighted by atomic mass is 10.3. The Kier molecular flexibility index (Phi) is 5.17. The highest BCUT2D eigenvalue weighted by Gasteiger charge is 2.16. The first kappa shape index (κ1) is 15.0. The van der Waals surface area contributed by atoms with Gasteiger partial charge in [-0.1, -0.05) is 0 Å². The zero-order chi connectivity index (χ0) is 13.8. The monoisotopic (exact) mass is 292 g/mol. The summed E-state index contributed by atoms with van der Waals surface area (Å²) >= 11 is 1.47. The van der Waals surface area contributed by atoms with E-state index in [-0.39, 0.29) is 5.91 Å². The molecule has 0 aliphatic rings. The molecule has 9 heteroatoms. The van der Waals surface area contributed by atoms with Crippen LogP contribution in [-0.2, 0) is 21.2 Å². The number of sulfonamides is 1. The van der Waals surface area contributed by atoms with Gasteiger partial charge in [0, 0.05) is 13.0 Å². The van der Waals surface area contributed by atoms with Crippen molar-refractivity contribution in [2.45, 2.75) is 26.3 Å². The molecule has 1 aromatic heterocycles. The fourth-order valence-corrected chi connectivity index (χ4v) is 2.72. The number of hydrogen-bond donors (Lipinski definition) is 2. The summed E-state index contributed by atoms with van der Waals surface area (Å²) in [5.74, 6) is -0.360. The molecular formula is C9H16N4O3S2. The molecule has 1 heterocycles. The van der Waals surface area contributed by atoms with E-state index in [1.165, 1.54) is 18.3 Å². The highest BCUT2D eigenvalue weighted by molar-refractivity contribution is 7.88. The van der Waals surface area contributed by atoms with Crippen molar-refractivity contribution in [2.24, 2.45) is 0 Å². The third-order valence-corrected chi connectivity index (χ3v) is 3.67. The molecule has 0 fully saturated rings. The van der Waals surface area contributed by atoms with Crippen molar-refractivity contribution < 1.29 is 13.2 Å². The minimum absolute atomic E-state index is 0.360. The summed E-state index contributed by atoms with van der Waals surface area (Å²) < 4.78 is 24.1. The maximum Gasteiger partial charge on any atom is 0.237 e.